The Labute approximate surface area is 134 Å². The maximum Gasteiger partial charge on any atom is 0.327 e. The molecule has 0 aliphatic heterocycles. The molecule has 1 aromatic carbocycles. The van der Waals surface area contributed by atoms with E-state index in [2.05, 4.69) is 10.6 Å². The van der Waals surface area contributed by atoms with E-state index in [-0.39, 0.29) is 12.6 Å². The van der Waals surface area contributed by atoms with E-state index in [9.17, 15) is 19.2 Å². The molecule has 1 aromatic rings. The standard InChI is InChI=1S/C15H20N4O4/c1-9(2)17-14(22)15(23)19-18-12(20)8-16-13(21)11-6-4-5-10(3)7-11/h4-7,9H,8H2,1-3H3,(H,16,21)(H,17,22)(H,18,20)(H,19,23). The molecule has 0 heterocycles. The van der Waals surface area contributed by atoms with Crippen molar-refractivity contribution in [1.82, 2.24) is 21.5 Å². The second-order valence-electron chi connectivity index (χ2n) is 5.18. The summed E-state index contributed by atoms with van der Waals surface area (Å²) in [6.45, 7) is 4.91. The molecule has 0 aliphatic carbocycles. The quantitative estimate of drug-likeness (QED) is 0.438. The van der Waals surface area contributed by atoms with Crippen molar-refractivity contribution in [1.29, 1.82) is 0 Å². The van der Waals surface area contributed by atoms with Crippen molar-refractivity contribution in [3.8, 4) is 0 Å². The van der Waals surface area contributed by atoms with Crippen molar-refractivity contribution in [3.63, 3.8) is 0 Å². The van der Waals surface area contributed by atoms with Crippen LogP contribution in [0.15, 0.2) is 24.3 Å². The molecule has 0 aromatic heterocycles. The van der Waals surface area contributed by atoms with Crippen LogP contribution in [0.25, 0.3) is 0 Å². The van der Waals surface area contributed by atoms with E-state index >= 15 is 0 Å². The van der Waals surface area contributed by atoms with Gasteiger partial charge in [0, 0.05) is 11.6 Å². The van der Waals surface area contributed by atoms with Crippen molar-refractivity contribution in [2.45, 2.75) is 26.8 Å². The molecule has 0 atom stereocenters. The van der Waals surface area contributed by atoms with Crippen LogP contribution in [0.2, 0.25) is 0 Å². The molecule has 1 rings (SSSR count). The SMILES string of the molecule is Cc1cccc(C(=O)NCC(=O)NNC(=O)C(=O)NC(C)C)c1. The first-order valence-corrected chi connectivity index (χ1v) is 7.04. The zero-order valence-corrected chi connectivity index (χ0v) is 13.2. The van der Waals surface area contributed by atoms with E-state index in [1.54, 1.807) is 32.0 Å². The number of carbonyl (C=O) groups is 4. The van der Waals surface area contributed by atoms with Gasteiger partial charge >= 0.3 is 11.8 Å². The number of aryl methyl sites for hydroxylation is 1. The predicted octanol–water partition coefficient (Wildman–Crippen LogP) is -0.603. The Morgan fingerprint density at radius 2 is 1.74 bits per heavy atom. The lowest BCUT2D eigenvalue weighted by molar-refractivity contribution is -0.141. The fourth-order valence-electron chi connectivity index (χ4n) is 1.60. The Kier molecular flexibility index (Phi) is 6.72. The number of hydrazine groups is 1. The summed E-state index contributed by atoms with van der Waals surface area (Å²) < 4.78 is 0. The first-order chi connectivity index (χ1) is 10.8. The van der Waals surface area contributed by atoms with E-state index in [4.69, 9.17) is 0 Å². The number of benzene rings is 1. The monoisotopic (exact) mass is 320 g/mol. The van der Waals surface area contributed by atoms with Crippen LogP contribution < -0.4 is 21.5 Å². The molecule has 0 fully saturated rings. The van der Waals surface area contributed by atoms with Crippen molar-refractivity contribution >= 4 is 23.6 Å². The van der Waals surface area contributed by atoms with Gasteiger partial charge < -0.3 is 10.6 Å². The number of nitrogens with one attached hydrogen (secondary N) is 4. The third-order valence-electron chi connectivity index (χ3n) is 2.63. The summed E-state index contributed by atoms with van der Waals surface area (Å²) in [6, 6.07) is 6.69. The number of hydrogen-bond acceptors (Lipinski definition) is 4. The summed E-state index contributed by atoms with van der Waals surface area (Å²) >= 11 is 0. The Bertz CT molecular complexity index is 613. The summed E-state index contributed by atoms with van der Waals surface area (Å²) in [7, 11) is 0. The number of carbonyl (C=O) groups excluding carboxylic acids is 4. The van der Waals surface area contributed by atoms with Gasteiger partial charge in [0.15, 0.2) is 0 Å². The topological polar surface area (TPSA) is 116 Å². The molecular weight excluding hydrogens is 300 g/mol. The molecule has 4 amide bonds. The van der Waals surface area contributed by atoms with Gasteiger partial charge in [-0.3, -0.25) is 30.0 Å². The summed E-state index contributed by atoms with van der Waals surface area (Å²) in [6.07, 6.45) is 0. The fraction of sp³-hybridized carbons (Fsp3) is 0.333. The number of amides is 4. The molecule has 23 heavy (non-hydrogen) atoms. The molecule has 0 saturated carbocycles. The van der Waals surface area contributed by atoms with E-state index in [0.29, 0.717) is 5.56 Å². The van der Waals surface area contributed by atoms with Crippen molar-refractivity contribution in [2.24, 2.45) is 0 Å². The van der Waals surface area contributed by atoms with Gasteiger partial charge in [0.1, 0.15) is 0 Å². The van der Waals surface area contributed by atoms with E-state index in [1.807, 2.05) is 23.8 Å². The average Bonchev–Trinajstić information content (AvgIpc) is 2.49. The Balaban J connectivity index is 2.36. The largest absolute Gasteiger partial charge is 0.346 e. The lowest BCUT2D eigenvalue weighted by Crippen LogP contribution is -2.51. The molecule has 0 radical (unpaired) electrons. The molecule has 0 spiro atoms. The number of hydrogen-bond donors (Lipinski definition) is 4. The van der Waals surface area contributed by atoms with Gasteiger partial charge in [0.05, 0.1) is 6.54 Å². The highest BCUT2D eigenvalue weighted by atomic mass is 16.2. The molecule has 0 unspecified atom stereocenters. The molecular formula is C15H20N4O4. The van der Waals surface area contributed by atoms with Crippen LogP contribution in [0.3, 0.4) is 0 Å². The minimum Gasteiger partial charge on any atom is -0.346 e. The summed E-state index contributed by atoms with van der Waals surface area (Å²) in [5.74, 6) is -2.91. The van der Waals surface area contributed by atoms with Crippen molar-refractivity contribution < 1.29 is 19.2 Å². The lowest BCUT2D eigenvalue weighted by Gasteiger charge is -2.10. The van der Waals surface area contributed by atoms with Crippen LogP contribution in [0, 0.1) is 6.92 Å². The van der Waals surface area contributed by atoms with Crippen LogP contribution in [-0.4, -0.2) is 36.2 Å². The van der Waals surface area contributed by atoms with Crippen molar-refractivity contribution in [2.75, 3.05) is 6.54 Å². The van der Waals surface area contributed by atoms with Crippen molar-refractivity contribution in [3.05, 3.63) is 35.4 Å². The minimum atomic E-state index is -0.989. The maximum absolute atomic E-state index is 11.8. The molecule has 0 saturated heterocycles. The van der Waals surface area contributed by atoms with Gasteiger partial charge in [-0.05, 0) is 32.9 Å². The first-order valence-electron chi connectivity index (χ1n) is 7.04. The van der Waals surface area contributed by atoms with E-state index in [0.717, 1.165) is 5.56 Å². The van der Waals surface area contributed by atoms with E-state index < -0.39 is 23.6 Å². The molecule has 8 heteroatoms. The van der Waals surface area contributed by atoms with Crippen LogP contribution in [0.5, 0.6) is 0 Å². The van der Waals surface area contributed by atoms with Gasteiger partial charge in [0.2, 0.25) is 0 Å². The highest BCUT2D eigenvalue weighted by Crippen LogP contribution is 2.03. The summed E-state index contributed by atoms with van der Waals surface area (Å²) in [5, 5.41) is 4.78. The predicted molar refractivity (Wildman–Crippen MR) is 83.1 cm³/mol. The number of rotatable bonds is 4. The average molecular weight is 320 g/mol. The maximum atomic E-state index is 11.8. The normalized spacial score (nSPS) is 9.91. The lowest BCUT2D eigenvalue weighted by atomic mass is 10.1. The highest BCUT2D eigenvalue weighted by Gasteiger charge is 2.15. The smallest absolute Gasteiger partial charge is 0.327 e. The molecule has 4 N–H and O–H groups in total. The Hall–Kier alpha value is -2.90. The second kappa shape index (κ2) is 8.52. The van der Waals surface area contributed by atoms with Crippen LogP contribution >= 0.6 is 0 Å². The highest BCUT2D eigenvalue weighted by molar-refractivity contribution is 6.35. The molecule has 8 nitrogen and oxygen atoms in total. The van der Waals surface area contributed by atoms with Gasteiger partial charge in [-0.1, -0.05) is 17.7 Å². The van der Waals surface area contributed by atoms with Crippen LogP contribution in [-0.2, 0) is 14.4 Å². The third-order valence-corrected chi connectivity index (χ3v) is 2.63. The van der Waals surface area contributed by atoms with Gasteiger partial charge in [-0.15, -0.1) is 0 Å². The van der Waals surface area contributed by atoms with E-state index in [1.165, 1.54) is 0 Å². The van der Waals surface area contributed by atoms with Crippen LogP contribution in [0.1, 0.15) is 29.8 Å². The molecule has 124 valence electrons. The summed E-state index contributed by atoms with van der Waals surface area (Å²) in [5.41, 5.74) is 5.35. The van der Waals surface area contributed by atoms with Crippen LogP contribution in [0.4, 0.5) is 0 Å². The van der Waals surface area contributed by atoms with Gasteiger partial charge in [0.25, 0.3) is 11.8 Å². The zero-order valence-electron chi connectivity index (χ0n) is 13.2. The Morgan fingerprint density at radius 1 is 1.04 bits per heavy atom. The van der Waals surface area contributed by atoms with Gasteiger partial charge in [-0.25, -0.2) is 0 Å². The Morgan fingerprint density at radius 3 is 2.35 bits per heavy atom. The third kappa shape index (κ3) is 6.60. The first kappa shape index (κ1) is 18.1. The fourth-order valence-corrected chi connectivity index (χ4v) is 1.60. The molecule has 0 bridgehead atoms. The minimum absolute atomic E-state index is 0.197. The van der Waals surface area contributed by atoms with Gasteiger partial charge in [-0.2, -0.15) is 0 Å². The second-order valence-corrected chi connectivity index (χ2v) is 5.18. The zero-order chi connectivity index (χ0) is 17.4. The summed E-state index contributed by atoms with van der Waals surface area (Å²) in [4.78, 5) is 46.0. The molecule has 0 aliphatic rings.